The fraction of sp³-hybridized carbons (Fsp3) is 0.111. The monoisotopic (exact) mass is 536 g/mol. The van der Waals surface area contributed by atoms with Crippen LogP contribution >= 0.6 is 0 Å². The van der Waals surface area contributed by atoms with Crippen molar-refractivity contribution < 1.29 is 22.3 Å². The van der Waals surface area contributed by atoms with Crippen molar-refractivity contribution in [3.63, 3.8) is 0 Å². The molecule has 0 radical (unpaired) electrons. The van der Waals surface area contributed by atoms with Gasteiger partial charge in [0.15, 0.2) is 11.6 Å². The van der Waals surface area contributed by atoms with Gasteiger partial charge in [0.05, 0.1) is 22.8 Å². The van der Waals surface area contributed by atoms with Crippen LogP contribution in [-0.2, 0) is 6.18 Å². The normalized spacial score (nSPS) is 12.3. The van der Waals surface area contributed by atoms with Crippen LogP contribution < -0.4 is 21.3 Å². The third-order valence-corrected chi connectivity index (χ3v) is 5.85. The van der Waals surface area contributed by atoms with Crippen molar-refractivity contribution in [1.82, 2.24) is 19.9 Å². The topological polar surface area (TPSA) is 119 Å². The van der Waals surface area contributed by atoms with E-state index in [0.717, 1.165) is 17.7 Å². The van der Waals surface area contributed by atoms with Crippen LogP contribution in [0.25, 0.3) is 22.3 Å². The molecule has 8 nitrogen and oxygen atoms in total. The van der Waals surface area contributed by atoms with Gasteiger partial charge in [-0.25, -0.2) is 14.4 Å². The van der Waals surface area contributed by atoms with Crippen molar-refractivity contribution in [3.8, 4) is 22.9 Å². The molecule has 2 heterocycles. The molecule has 0 amide bonds. The average Bonchev–Trinajstić information content (AvgIpc) is 2.89. The summed E-state index contributed by atoms with van der Waals surface area (Å²) in [4.78, 5) is 27.5. The van der Waals surface area contributed by atoms with Crippen molar-refractivity contribution in [3.05, 3.63) is 100 Å². The van der Waals surface area contributed by atoms with Gasteiger partial charge in [-0.15, -0.1) is 0 Å². The Morgan fingerprint density at radius 2 is 1.69 bits per heavy atom. The van der Waals surface area contributed by atoms with E-state index in [4.69, 9.17) is 10.5 Å². The smallest absolute Gasteiger partial charge is 0.416 e. The first-order valence-corrected chi connectivity index (χ1v) is 11.6. The summed E-state index contributed by atoms with van der Waals surface area (Å²) in [7, 11) is 0. The number of aromatic nitrogens is 4. The average molecular weight is 536 g/mol. The molecule has 0 saturated heterocycles. The number of alkyl halides is 3. The van der Waals surface area contributed by atoms with Gasteiger partial charge in [0.1, 0.15) is 11.3 Å². The summed E-state index contributed by atoms with van der Waals surface area (Å²) in [5, 5.41) is 3.12. The lowest BCUT2D eigenvalue weighted by Gasteiger charge is -2.16. The van der Waals surface area contributed by atoms with E-state index in [0.29, 0.717) is 11.1 Å². The van der Waals surface area contributed by atoms with Gasteiger partial charge in [-0.05, 0) is 48.9 Å². The largest absolute Gasteiger partial charge is 0.436 e. The first-order chi connectivity index (χ1) is 18.6. The third-order valence-electron chi connectivity index (χ3n) is 5.85. The van der Waals surface area contributed by atoms with E-state index in [-0.39, 0.29) is 46.5 Å². The molecule has 0 aliphatic rings. The molecule has 39 heavy (non-hydrogen) atoms. The number of aromatic amines is 1. The maximum absolute atomic E-state index is 13.4. The highest BCUT2D eigenvalue weighted by molar-refractivity contribution is 5.82. The van der Waals surface area contributed by atoms with E-state index in [9.17, 15) is 22.4 Å². The van der Waals surface area contributed by atoms with Crippen LogP contribution in [0.3, 0.4) is 0 Å². The summed E-state index contributed by atoms with van der Waals surface area (Å²) in [6, 6.07) is 16.3. The van der Waals surface area contributed by atoms with E-state index >= 15 is 0 Å². The van der Waals surface area contributed by atoms with Gasteiger partial charge in [0, 0.05) is 11.6 Å². The molecule has 0 spiro atoms. The van der Waals surface area contributed by atoms with Crippen molar-refractivity contribution in [2.24, 2.45) is 0 Å². The first-order valence-electron chi connectivity index (χ1n) is 11.6. The molecule has 0 bridgehead atoms. The highest BCUT2D eigenvalue weighted by Crippen LogP contribution is 2.33. The van der Waals surface area contributed by atoms with Gasteiger partial charge < -0.3 is 20.8 Å². The number of anilines is 2. The standard InChI is InChI=1S/C27H20F4N6O2/c1-14(15-7-11-18(28)12-8-15)33-26-35-20(16-5-9-17(10-6-16)27(29,30)31)13-22(36-26)39-21-4-2-3-19-23(21)37-24(32)25(38)34-19/h2-14H,1H3,(H2,32,37)(H,34,38)(H,33,35,36). The number of nitrogens with zero attached hydrogens (tertiary/aromatic N) is 3. The fourth-order valence-electron chi connectivity index (χ4n) is 3.84. The van der Waals surface area contributed by atoms with Gasteiger partial charge in [-0.1, -0.05) is 30.3 Å². The number of H-pyrrole nitrogens is 1. The number of rotatable bonds is 6. The Balaban J connectivity index is 1.55. The highest BCUT2D eigenvalue weighted by Gasteiger charge is 2.30. The number of halogens is 4. The molecule has 1 atom stereocenters. The minimum atomic E-state index is -4.49. The Morgan fingerprint density at radius 1 is 0.974 bits per heavy atom. The number of fused-ring (bicyclic) bond motifs is 1. The number of nitrogen functional groups attached to an aromatic ring is 1. The number of nitrogens with one attached hydrogen (secondary N) is 2. The first kappa shape index (κ1) is 25.6. The lowest BCUT2D eigenvalue weighted by molar-refractivity contribution is -0.137. The van der Waals surface area contributed by atoms with Crippen LogP contribution in [-0.4, -0.2) is 19.9 Å². The van der Waals surface area contributed by atoms with E-state index in [1.807, 2.05) is 6.92 Å². The number of nitrogens with two attached hydrogens (primary N) is 1. The Hall–Kier alpha value is -5.00. The quantitative estimate of drug-likeness (QED) is 0.225. The molecule has 0 aliphatic heterocycles. The van der Waals surface area contributed by atoms with E-state index < -0.39 is 17.3 Å². The maximum atomic E-state index is 13.4. The zero-order valence-corrected chi connectivity index (χ0v) is 20.3. The second kappa shape index (κ2) is 10.0. The van der Waals surface area contributed by atoms with Gasteiger partial charge in [0.25, 0.3) is 5.56 Å². The SMILES string of the molecule is CC(Nc1nc(Oc2cccc3[nH]c(=O)c(N)nc23)cc(-c2ccc(C(F)(F)F)cc2)n1)c1ccc(F)cc1. The lowest BCUT2D eigenvalue weighted by Crippen LogP contribution is -2.14. The predicted molar refractivity (Wildman–Crippen MR) is 138 cm³/mol. The number of ether oxygens (including phenoxy) is 1. The second-order valence-corrected chi connectivity index (χ2v) is 8.61. The fourth-order valence-corrected chi connectivity index (χ4v) is 3.84. The van der Waals surface area contributed by atoms with Crippen LogP contribution in [0.4, 0.5) is 29.3 Å². The van der Waals surface area contributed by atoms with Crippen LogP contribution in [0.2, 0.25) is 0 Å². The molecule has 5 rings (SSSR count). The Kier molecular flexibility index (Phi) is 6.60. The van der Waals surface area contributed by atoms with Gasteiger partial charge >= 0.3 is 6.18 Å². The van der Waals surface area contributed by atoms with Crippen molar-refractivity contribution >= 4 is 22.8 Å². The zero-order valence-electron chi connectivity index (χ0n) is 20.3. The van der Waals surface area contributed by atoms with Gasteiger partial charge in [0.2, 0.25) is 11.8 Å². The van der Waals surface area contributed by atoms with Crippen LogP contribution in [0.5, 0.6) is 11.6 Å². The summed E-state index contributed by atoms with van der Waals surface area (Å²) >= 11 is 0. The number of benzene rings is 3. The Labute approximate surface area is 218 Å². The lowest BCUT2D eigenvalue weighted by atomic mass is 10.1. The van der Waals surface area contributed by atoms with E-state index in [1.165, 1.54) is 30.3 Å². The van der Waals surface area contributed by atoms with Crippen molar-refractivity contribution in [2.45, 2.75) is 19.1 Å². The summed E-state index contributed by atoms with van der Waals surface area (Å²) in [6.07, 6.45) is -4.49. The van der Waals surface area contributed by atoms with Crippen LogP contribution in [0.15, 0.2) is 77.6 Å². The minimum Gasteiger partial charge on any atom is -0.436 e. The molecule has 4 N–H and O–H groups in total. The third kappa shape index (κ3) is 5.64. The predicted octanol–water partition coefficient (Wildman–Crippen LogP) is 6.09. The van der Waals surface area contributed by atoms with Gasteiger partial charge in [-0.3, -0.25) is 4.79 Å². The molecule has 0 fully saturated rings. The Bertz CT molecular complexity index is 1700. The molecule has 12 heteroatoms. The highest BCUT2D eigenvalue weighted by atomic mass is 19.4. The molecule has 0 aliphatic carbocycles. The molecule has 3 aromatic carbocycles. The summed E-state index contributed by atoms with van der Waals surface area (Å²) in [6.45, 7) is 1.82. The van der Waals surface area contributed by atoms with Crippen molar-refractivity contribution in [1.29, 1.82) is 0 Å². The number of para-hydroxylation sites is 1. The van der Waals surface area contributed by atoms with Crippen LogP contribution in [0.1, 0.15) is 24.1 Å². The summed E-state index contributed by atoms with van der Waals surface area (Å²) in [5.41, 5.74) is 6.41. The molecule has 2 aromatic heterocycles. The summed E-state index contributed by atoms with van der Waals surface area (Å²) < 4.78 is 58.6. The number of hydrogen-bond donors (Lipinski definition) is 3. The molecule has 198 valence electrons. The molecule has 5 aromatic rings. The van der Waals surface area contributed by atoms with Crippen LogP contribution in [0, 0.1) is 5.82 Å². The Morgan fingerprint density at radius 3 is 2.38 bits per heavy atom. The zero-order chi connectivity index (χ0) is 27.7. The minimum absolute atomic E-state index is 0.0489. The molecule has 0 saturated carbocycles. The molecular formula is C27H20F4N6O2. The van der Waals surface area contributed by atoms with E-state index in [1.54, 1.807) is 30.3 Å². The van der Waals surface area contributed by atoms with E-state index in [2.05, 4.69) is 25.3 Å². The maximum Gasteiger partial charge on any atom is 0.416 e. The van der Waals surface area contributed by atoms with Crippen molar-refractivity contribution in [2.75, 3.05) is 11.1 Å². The number of hydrogen-bond acceptors (Lipinski definition) is 7. The molecule has 1 unspecified atom stereocenters. The summed E-state index contributed by atoms with van der Waals surface area (Å²) in [5.74, 6) is -0.242. The van der Waals surface area contributed by atoms with Gasteiger partial charge in [-0.2, -0.15) is 18.2 Å². The molecular weight excluding hydrogens is 516 g/mol. The second-order valence-electron chi connectivity index (χ2n) is 8.61.